The largest absolute Gasteiger partial charge is 0.336 e. The summed E-state index contributed by atoms with van der Waals surface area (Å²) in [5.41, 5.74) is 1.58. The summed E-state index contributed by atoms with van der Waals surface area (Å²) in [5, 5.41) is 5.24. The highest BCUT2D eigenvalue weighted by Crippen LogP contribution is 2.27. The van der Waals surface area contributed by atoms with Crippen molar-refractivity contribution in [3.8, 4) is 0 Å². The predicted octanol–water partition coefficient (Wildman–Crippen LogP) is 3.83. The number of aryl methyl sites for hydroxylation is 2. The first-order chi connectivity index (χ1) is 17.7. The van der Waals surface area contributed by atoms with Gasteiger partial charge in [0.2, 0.25) is 0 Å². The van der Waals surface area contributed by atoms with E-state index in [2.05, 4.69) is 10.6 Å². The molecule has 0 bridgehead atoms. The van der Waals surface area contributed by atoms with Crippen molar-refractivity contribution in [3.63, 3.8) is 0 Å². The molecule has 2 N–H and O–H groups in total. The summed E-state index contributed by atoms with van der Waals surface area (Å²) in [4.78, 5) is 24.1. The number of carbonyl (C=O) groups is 2. The zero-order valence-electron chi connectivity index (χ0n) is 22.5. The third kappa shape index (κ3) is 8.90. The molecule has 0 radical (unpaired) electrons. The lowest BCUT2D eigenvalue weighted by molar-refractivity contribution is -0.119. The fourth-order valence-electron chi connectivity index (χ4n) is 3.85. The molecule has 210 valence electrons. The molecule has 2 amide bonds. The van der Waals surface area contributed by atoms with Crippen molar-refractivity contribution in [2.75, 3.05) is 19.5 Å². The first-order valence-electron chi connectivity index (χ1n) is 12.1. The maximum Gasteiger partial charge on any atom is 0.319 e. The Balaban J connectivity index is 2.40. The quantitative estimate of drug-likeness (QED) is 0.347. The summed E-state index contributed by atoms with van der Waals surface area (Å²) in [5.74, 6) is 0.186. The van der Waals surface area contributed by atoms with Crippen molar-refractivity contribution in [1.82, 2.24) is 5.32 Å². The minimum absolute atomic E-state index is 0.00120. The average Bonchev–Trinajstić information content (AvgIpc) is 2.82. The zero-order chi connectivity index (χ0) is 28.7. The number of ketones is 1. The molecule has 0 saturated carbocycles. The minimum Gasteiger partial charge on any atom is -0.336 e. The molecule has 0 spiro atoms. The van der Waals surface area contributed by atoms with Crippen LogP contribution in [0.2, 0.25) is 0 Å². The number of amides is 2. The van der Waals surface area contributed by atoms with Gasteiger partial charge >= 0.3 is 6.03 Å². The summed E-state index contributed by atoms with van der Waals surface area (Å²) < 4.78 is 60.1. The van der Waals surface area contributed by atoms with Crippen molar-refractivity contribution < 1.29 is 34.8 Å². The minimum atomic E-state index is -4.14. The van der Waals surface area contributed by atoms with E-state index in [0.717, 1.165) is 14.2 Å². The maximum absolute atomic E-state index is 12.7. The Morgan fingerprint density at radius 2 is 1.34 bits per heavy atom. The number of urea groups is 1. The van der Waals surface area contributed by atoms with Crippen LogP contribution < -0.4 is 10.6 Å². The topological polar surface area (TPSA) is 145 Å². The molecule has 0 aromatic heterocycles. The molecule has 2 rings (SSSR count). The standard InChI is InChI=1S/C26H36N2O8S2/c1-17(2)13-23(29)14-19-7-8-20(24(15-19)37(31,32)35-5)9-10-21-11-12-22(28-26(30)27-18(3)4)16-25(21)38(33,34)36-6/h7-8,11-12,15-18H,9-10,13-14H2,1-6H3,(H2,27,28,30). The summed E-state index contributed by atoms with van der Waals surface area (Å²) in [6.07, 6.45) is 0.786. The molecule has 10 nitrogen and oxygen atoms in total. The Kier molecular flexibility index (Phi) is 11.0. The zero-order valence-corrected chi connectivity index (χ0v) is 24.2. The number of hydrogen-bond acceptors (Lipinski definition) is 8. The number of hydrogen-bond donors (Lipinski definition) is 2. The molecular formula is C26H36N2O8S2. The van der Waals surface area contributed by atoms with E-state index in [1.807, 2.05) is 13.8 Å². The Hall–Kier alpha value is -2.80. The first-order valence-corrected chi connectivity index (χ1v) is 14.9. The van der Waals surface area contributed by atoms with Crippen molar-refractivity contribution in [2.45, 2.75) is 69.2 Å². The third-order valence-electron chi connectivity index (χ3n) is 5.55. The van der Waals surface area contributed by atoms with Gasteiger partial charge in [0.25, 0.3) is 20.2 Å². The van der Waals surface area contributed by atoms with Gasteiger partial charge in [-0.2, -0.15) is 16.8 Å². The van der Waals surface area contributed by atoms with Crippen LogP contribution in [-0.2, 0) is 52.7 Å². The number of anilines is 1. The van der Waals surface area contributed by atoms with Gasteiger partial charge < -0.3 is 10.6 Å². The van der Waals surface area contributed by atoms with Crippen molar-refractivity contribution >= 4 is 37.7 Å². The second-order valence-corrected chi connectivity index (χ2v) is 12.9. The molecule has 12 heteroatoms. The number of benzene rings is 2. The van der Waals surface area contributed by atoms with E-state index >= 15 is 0 Å². The third-order valence-corrected chi connectivity index (χ3v) is 8.27. The van der Waals surface area contributed by atoms with Crippen LogP contribution in [0.4, 0.5) is 10.5 Å². The Labute approximate surface area is 225 Å². The molecule has 0 aliphatic heterocycles. The van der Waals surface area contributed by atoms with E-state index in [9.17, 15) is 26.4 Å². The highest BCUT2D eigenvalue weighted by Gasteiger charge is 2.23. The van der Waals surface area contributed by atoms with E-state index in [1.165, 1.54) is 12.1 Å². The van der Waals surface area contributed by atoms with Crippen LogP contribution in [0, 0.1) is 5.92 Å². The van der Waals surface area contributed by atoms with Gasteiger partial charge in [-0.25, -0.2) is 4.79 Å². The molecule has 0 fully saturated rings. The predicted molar refractivity (Wildman–Crippen MR) is 144 cm³/mol. The summed E-state index contributed by atoms with van der Waals surface area (Å²) in [6, 6.07) is 8.52. The normalized spacial score (nSPS) is 12.1. The Bertz CT molecular complexity index is 1260. The van der Waals surface area contributed by atoms with Crippen LogP contribution in [0.5, 0.6) is 0 Å². The van der Waals surface area contributed by atoms with E-state index < -0.39 is 26.3 Å². The molecule has 0 aliphatic rings. The average molecular weight is 569 g/mol. The van der Waals surface area contributed by atoms with Crippen LogP contribution in [0.3, 0.4) is 0 Å². The van der Waals surface area contributed by atoms with Crippen LogP contribution >= 0.6 is 0 Å². The summed E-state index contributed by atoms with van der Waals surface area (Å²) in [6.45, 7) is 7.45. The van der Waals surface area contributed by atoms with Gasteiger partial charge in [-0.3, -0.25) is 13.2 Å². The van der Waals surface area contributed by atoms with Crippen molar-refractivity contribution in [2.24, 2.45) is 5.92 Å². The molecule has 38 heavy (non-hydrogen) atoms. The van der Waals surface area contributed by atoms with Gasteiger partial charge in [0.1, 0.15) is 5.78 Å². The van der Waals surface area contributed by atoms with Crippen LogP contribution in [0.25, 0.3) is 0 Å². The molecule has 0 saturated heterocycles. The number of nitrogens with one attached hydrogen (secondary N) is 2. The number of Topliss-reactive ketones (excluding diaryl/α,β-unsaturated/α-hetero) is 1. The summed E-state index contributed by atoms with van der Waals surface area (Å²) >= 11 is 0. The number of rotatable bonds is 13. The fourth-order valence-corrected chi connectivity index (χ4v) is 5.76. The van der Waals surface area contributed by atoms with E-state index in [4.69, 9.17) is 8.37 Å². The van der Waals surface area contributed by atoms with Crippen LogP contribution in [-0.4, -0.2) is 48.9 Å². The SMILES string of the molecule is COS(=O)(=O)c1cc(CC(=O)CC(C)C)ccc1CCc1ccc(NC(=O)NC(C)C)cc1S(=O)(=O)OC. The monoisotopic (exact) mass is 568 g/mol. The second kappa shape index (κ2) is 13.3. The van der Waals surface area contributed by atoms with Crippen LogP contribution in [0.15, 0.2) is 46.2 Å². The van der Waals surface area contributed by atoms with Gasteiger partial charge in [0, 0.05) is 24.6 Å². The van der Waals surface area contributed by atoms with E-state index in [0.29, 0.717) is 23.1 Å². The first kappa shape index (κ1) is 31.4. The Morgan fingerprint density at radius 3 is 1.84 bits per heavy atom. The summed E-state index contributed by atoms with van der Waals surface area (Å²) in [7, 11) is -6.15. The second-order valence-electron chi connectivity index (χ2n) is 9.57. The molecule has 2 aromatic rings. The van der Waals surface area contributed by atoms with Crippen LogP contribution in [0.1, 0.15) is 50.8 Å². The van der Waals surface area contributed by atoms with E-state index in [1.54, 1.807) is 38.1 Å². The smallest absolute Gasteiger partial charge is 0.319 e. The van der Waals surface area contributed by atoms with Gasteiger partial charge in [0.15, 0.2) is 0 Å². The Morgan fingerprint density at radius 1 is 0.816 bits per heavy atom. The van der Waals surface area contributed by atoms with Gasteiger partial charge in [-0.05, 0) is 67.5 Å². The molecular weight excluding hydrogens is 532 g/mol. The molecule has 0 atom stereocenters. The van der Waals surface area contributed by atoms with Crippen molar-refractivity contribution in [3.05, 3.63) is 53.1 Å². The highest BCUT2D eigenvalue weighted by molar-refractivity contribution is 7.87. The van der Waals surface area contributed by atoms with Gasteiger partial charge in [0.05, 0.1) is 24.0 Å². The lowest BCUT2D eigenvalue weighted by Crippen LogP contribution is -2.34. The van der Waals surface area contributed by atoms with Gasteiger partial charge in [-0.15, -0.1) is 0 Å². The van der Waals surface area contributed by atoms with Gasteiger partial charge in [-0.1, -0.05) is 32.0 Å². The lowest BCUT2D eigenvalue weighted by atomic mass is 9.98. The molecule has 2 aromatic carbocycles. The fraction of sp³-hybridized carbons (Fsp3) is 0.462. The molecule has 0 aliphatic carbocycles. The number of carbonyl (C=O) groups excluding carboxylic acids is 2. The highest BCUT2D eigenvalue weighted by atomic mass is 32.2. The maximum atomic E-state index is 12.7. The van der Waals surface area contributed by atoms with E-state index in [-0.39, 0.29) is 52.5 Å². The lowest BCUT2D eigenvalue weighted by Gasteiger charge is -2.15. The van der Waals surface area contributed by atoms with Crippen molar-refractivity contribution in [1.29, 1.82) is 0 Å². The molecule has 0 heterocycles. The molecule has 0 unspecified atom stereocenters.